The number of hydrogen-bond donors (Lipinski definition) is 2. The Balaban J connectivity index is 1.69. The van der Waals surface area contributed by atoms with Gasteiger partial charge < -0.3 is 19.6 Å². The lowest BCUT2D eigenvalue weighted by atomic mass is 9.71. The standard InChI is InChI=1S/C26H25N3O4/c1-25(2)20-12-16(32-10-5-11-33-26(3,4)31)7-9-17(20)23(30)21-18-8-6-15(13-27)19(14-28)22(18)29-24(21)25/h6-9,12,29,31H,5,10-11H2,1-4H3. The number of aliphatic hydroxyl groups is 1. The van der Waals surface area contributed by atoms with Crippen LogP contribution in [0.4, 0.5) is 0 Å². The molecule has 4 rings (SSSR count). The molecular weight excluding hydrogens is 418 g/mol. The number of carbonyl (C=O) groups is 1. The van der Waals surface area contributed by atoms with Crippen molar-refractivity contribution in [2.45, 2.75) is 45.3 Å². The van der Waals surface area contributed by atoms with Gasteiger partial charge in [-0.1, -0.05) is 19.9 Å². The molecule has 7 heteroatoms. The minimum atomic E-state index is -1.17. The molecule has 0 saturated carbocycles. The second kappa shape index (κ2) is 8.04. The molecule has 1 aliphatic rings. The van der Waals surface area contributed by atoms with E-state index in [1.54, 1.807) is 38.1 Å². The molecule has 168 valence electrons. The van der Waals surface area contributed by atoms with Gasteiger partial charge in [0.15, 0.2) is 11.6 Å². The van der Waals surface area contributed by atoms with Crippen molar-refractivity contribution < 1.29 is 19.4 Å². The number of nitrogens with zero attached hydrogens (tertiary/aromatic N) is 2. The highest BCUT2D eigenvalue weighted by molar-refractivity contribution is 6.20. The van der Waals surface area contributed by atoms with Gasteiger partial charge >= 0.3 is 0 Å². The van der Waals surface area contributed by atoms with E-state index in [4.69, 9.17) is 9.47 Å². The third-order valence-electron chi connectivity index (χ3n) is 5.98. The van der Waals surface area contributed by atoms with Gasteiger partial charge in [-0.3, -0.25) is 4.79 Å². The smallest absolute Gasteiger partial charge is 0.195 e. The Morgan fingerprint density at radius 1 is 1.12 bits per heavy atom. The predicted molar refractivity (Wildman–Crippen MR) is 122 cm³/mol. The number of ether oxygens (including phenoxy) is 2. The topological polar surface area (TPSA) is 119 Å². The van der Waals surface area contributed by atoms with E-state index in [-0.39, 0.29) is 16.9 Å². The van der Waals surface area contributed by atoms with Crippen LogP contribution in [0.2, 0.25) is 0 Å². The van der Waals surface area contributed by atoms with Crippen LogP contribution in [0.5, 0.6) is 5.75 Å². The van der Waals surface area contributed by atoms with Gasteiger partial charge in [0.2, 0.25) is 0 Å². The Morgan fingerprint density at radius 2 is 1.88 bits per heavy atom. The fourth-order valence-electron chi connectivity index (χ4n) is 4.35. The maximum atomic E-state index is 13.5. The molecular formula is C26H25N3O4. The molecule has 1 aliphatic carbocycles. The van der Waals surface area contributed by atoms with Gasteiger partial charge in [-0.2, -0.15) is 10.5 Å². The van der Waals surface area contributed by atoms with Crippen LogP contribution in [0.15, 0.2) is 30.3 Å². The van der Waals surface area contributed by atoms with E-state index in [0.29, 0.717) is 47.4 Å². The predicted octanol–water partition coefficient (Wildman–Crippen LogP) is 4.30. The van der Waals surface area contributed by atoms with Crippen molar-refractivity contribution >= 4 is 16.7 Å². The molecule has 0 bridgehead atoms. The van der Waals surface area contributed by atoms with Crippen LogP contribution in [0.1, 0.15) is 72.4 Å². The molecule has 1 aromatic heterocycles. The van der Waals surface area contributed by atoms with Crippen molar-refractivity contribution in [3.8, 4) is 17.9 Å². The number of aromatic amines is 1. The number of benzene rings is 2. The van der Waals surface area contributed by atoms with E-state index in [1.165, 1.54) is 0 Å². The van der Waals surface area contributed by atoms with E-state index in [0.717, 1.165) is 11.3 Å². The van der Waals surface area contributed by atoms with Gasteiger partial charge in [-0.25, -0.2) is 0 Å². The molecule has 0 radical (unpaired) electrons. The largest absolute Gasteiger partial charge is 0.493 e. The summed E-state index contributed by atoms with van der Waals surface area (Å²) in [6, 6.07) is 12.9. The van der Waals surface area contributed by atoms with Crippen molar-refractivity contribution in [1.29, 1.82) is 10.5 Å². The number of hydrogen-bond acceptors (Lipinski definition) is 6. The van der Waals surface area contributed by atoms with Gasteiger partial charge in [0, 0.05) is 28.5 Å². The van der Waals surface area contributed by atoms with Crippen molar-refractivity contribution in [2.24, 2.45) is 0 Å². The van der Waals surface area contributed by atoms with E-state index in [9.17, 15) is 20.4 Å². The van der Waals surface area contributed by atoms with E-state index < -0.39 is 11.2 Å². The molecule has 0 saturated heterocycles. The van der Waals surface area contributed by atoms with Crippen molar-refractivity contribution in [1.82, 2.24) is 4.98 Å². The Bertz CT molecular complexity index is 1350. The quantitative estimate of drug-likeness (QED) is 0.433. The van der Waals surface area contributed by atoms with Crippen molar-refractivity contribution in [3.63, 3.8) is 0 Å². The summed E-state index contributed by atoms with van der Waals surface area (Å²) >= 11 is 0. The average Bonchev–Trinajstić information content (AvgIpc) is 3.17. The molecule has 33 heavy (non-hydrogen) atoms. The van der Waals surface area contributed by atoms with Crippen LogP contribution in [0, 0.1) is 22.7 Å². The normalized spacial score (nSPS) is 14.3. The number of ketones is 1. The lowest BCUT2D eigenvalue weighted by Gasteiger charge is -2.32. The molecule has 0 amide bonds. The highest BCUT2D eigenvalue weighted by Crippen LogP contribution is 2.45. The molecule has 7 nitrogen and oxygen atoms in total. The summed E-state index contributed by atoms with van der Waals surface area (Å²) in [5.74, 6) is -0.654. The summed E-state index contributed by atoms with van der Waals surface area (Å²) in [5, 5.41) is 29.3. The summed E-state index contributed by atoms with van der Waals surface area (Å²) in [6.45, 7) is 7.96. The number of H-pyrrole nitrogens is 1. The number of carbonyl (C=O) groups excluding carboxylic acids is 1. The summed E-state index contributed by atoms with van der Waals surface area (Å²) in [4.78, 5) is 16.8. The highest BCUT2D eigenvalue weighted by atomic mass is 16.6. The number of fused-ring (bicyclic) bond motifs is 4. The monoisotopic (exact) mass is 443 g/mol. The van der Waals surface area contributed by atoms with Crippen LogP contribution >= 0.6 is 0 Å². The van der Waals surface area contributed by atoms with Gasteiger partial charge in [0.1, 0.15) is 17.9 Å². The van der Waals surface area contributed by atoms with Crippen LogP contribution in [-0.2, 0) is 10.2 Å². The molecule has 2 aromatic carbocycles. The average molecular weight is 444 g/mol. The fourth-order valence-corrected chi connectivity index (χ4v) is 4.35. The molecule has 0 unspecified atom stereocenters. The zero-order valence-corrected chi connectivity index (χ0v) is 19.1. The van der Waals surface area contributed by atoms with Gasteiger partial charge in [0.05, 0.1) is 35.4 Å². The van der Waals surface area contributed by atoms with Gasteiger partial charge in [-0.05, 0) is 43.7 Å². The van der Waals surface area contributed by atoms with E-state index in [2.05, 4.69) is 11.1 Å². The lowest BCUT2D eigenvalue weighted by molar-refractivity contribution is -0.176. The zero-order valence-electron chi connectivity index (χ0n) is 19.1. The molecule has 3 aromatic rings. The Hall–Kier alpha value is -3.65. The Labute approximate surface area is 192 Å². The maximum Gasteiger partial charge on any atom is 0.195 e. The minimum absolute atomic E-state index is 0.121. The molecule has 0 aliphatic heterocycles. The summed E-state index contributed by atoms with van der Waals surface area (Å²) in [7, 11) is 0. The van der Waals surface area contributed by atoms with Gasteiger partial charge in [0.25, 0.3) is 0 Å². The van der Waals surface area contributed by atoms with Crippen LogP contribution in [0.25, 0.3) is 10.9 Å². The minimum Gasteiger partial charge on any atom is -0.493 e. The second-order valence-electron chi connectivity index (χ2n) is 9.17. The van der Waals surface area contributed by atoms with Crippen molar-refractivity contribution in [3.05, 3.63) is 63.8 Å². The number of rotatable bonds is 6. The Kier molecular flexibility index (Phi) is 5.49. The van der Waals surface area contributed by atoms with Crippen LogP contribution in [-0.4, -0.2) is 34.9 Å². The first-order valence-electron chi connectivity index (χ1n) is 10.8. The van der Waals surface area contributed by atoms with E-state index >= 15 is 0 Å². The summed E-state index contributed by atoms with van der Waals surface area (Å²) in [5.41, 5.74) is 3.16. The summed E-state index contributed by atoms with van der Waals surface area (Å²) in [6.07, 6.45) is 0.605. The number of aromatic nitrogens is 1. The third-order valence-corrected chi connectivity index (χ3v) is 5.98. The molecule has 2 N–H and O–H groups in total. The second-order valence-corrected chi connectivity index (χ2v) is 9.17. The number of nitriles is 2. The first-order chi connectivity index (χ1) is 15.6. The number of nitrogens with one attached hydrogen (secondary N) is 1. The van der Waals surface area contributed by atoms with Crippen LogP contribution in [0.3, 0.4) is 0 Å². The van der Waals surface area contributed by atoms with Crippen molar-refractivity contribution in [2.75, 3.05) is 13.2 Å². The van der Waals surface area contributed by atoms with Gasteiger partial charge in [-0.15, -0.1) is 0 Å². The van der Waals surface area contributed by atoms with Crippen LogP contribution < -0.4 is 4.74 Å². The van der Waals surface area contributed by atoms with E-state index in [1.807, 2.05) is 26.0 Å². The summed E-state index contributed by atoms with van der Waals surface area (Å²) < 4.78 is 11.2. The third kappa shape index (κ3) is 3.87. The molecule has 0 fully saturated rings. The zero-order chi connectivity index (χ0) is 24.0. The first-order valence-corrected chi connectivity index (χ1v) is 10.8. The first kappa shape index (κ1) is 22.5. The molecule has 1 heterocycles. The lowest BCUT2D eigenvalue weighted by Crippen LogP contribution is -2.30. The SMILES string of the molecule is CC(C)(O)OCCCOc1ccc2c(c1)C(C)(C)c1[nH]c3c(C#N)c(C#N)ccc3c1C2=O. The maximum absolute atomic E-state index is 13.5. The molecule has 0 atom stereocenters. The highest BCUT2D eigenvalue weighted by Gasteiger charge is 2.40. The Morgan fingerprint density at radius 3 is 2.55 bits per heavy atom. The fraction of sp³-hybridized carbons (Fsp3) is 0.346. The molecule has 0 spiro atoms.